The van der Waals surface area contributed by atoms with Crippen LogP contribution in [0.1, 0.15) is 34.1 Å². The van der Waals surface area contributed by atoms with Crippen molar-refractivity contribution in [2.24, 2.45) is 4.99 Å². The molecule has 1 atom stereocenters. The molecule has 5 nitrogen and oxygen atoms in total. The summed E-state index contributed by atoms with van der Waals surface area (Å²) in [5, 5.41) is 3.06. The molecule has 0 radical (unpaired) electrons. The van der Waals surface area contributed by atoms with Gasteiger partial charge in [-0.3, -0.25) is 15.2 Å². The van der Waals surface area contributed by atoms with Crippen LogP contribution in [-0.2, 0) is 4.74 Å². The van der Waals surface area contributed by atoms with E-state index in [-0.39, 0.29) is 12.3 Å². The zero-order valence-electron chi connectivity index (χ0n) is 11.8. The van der Waals surface area contributed by atoms with Crippen molar-refractivity contribution in [2.45, 2.75) is 45.9 Å². The fraction of sp³-hybridized carbons (Fsp3) is 0.833. The van der Waals surface area contributed by atoms with Crippen LogP contribution in [0.25, 0.3) is 0 Å². The quantitative estimate of drug-likeness (QED) is 0.592. The number of nitrogens with one attached hydrogen (secondary N) is 1. The van der Waals surface area contributed by atoms with Crippen LogP contribution in [0.5, 0.6) is 0 Å². The number of hydrogen-bond donors (Lipinski definition) is 1. The smallest absolute Gasteiger partial charge is 0.411 e. The fourth-order valence-electron chi connectivity index (χ4n) is 1.23. The van der Waals surface area contributed by atoms with Gasteiger partial charge < -0.3 is 4.74 Å². The maximum Gasteiger partial charge on any atom is 0.411 e. The molecule has 0 spiro atoms. The van der Waals surface area contributed by atoms with E-state index in [2.05, 4.69) is 10.3 Å². The molecule has 0 aliphatic rings. The lowest BCUT2D eigenvalue weighted by molar-refractivity contribution is 0.0205. The van der Waals surface area contributed by atoms with Gasteiger partial charge in [0, 0.05) is 26.2 Å². The Balaban J connectivity index is 4.37. The molecule has 0 aromatic heterocycles. The fourth-order valence-corrected chi connectivity index (χ4v) is 1.23. The number of hydrogen-bond acceptors (Lipinski definition) is 4. The highest BCUT2D eigenvalue weighted by molar-refractivity contribution is 5.69. The van der Waals surface area contributed by atoms with Crippen LogP contribution in [0, 0.1) is 0 Å². The molecule has 0 bridgehead atoms. The average Bonchev–Trinajstić information content (AvgIpc) is 2.21. The van der Waals surface area contributed by atoms with Crippen LogP contribution < -0.4 is 5.32 Å². The van der Waals surface area contributed by atoms with Gasteiger partial charge in [0.05, 0.1) is 6.17 Å². The van der Waals surface area contributed by atoms with Crippen molar-refractivity contribution in [1.82, 2.24) is 10.2 Å². The first-order chi connectivity index (χ1) is 7.81. The van der Waals surface area contributed by atoms with Gasteiger partial charge in [-0.05, 0) is 34.7 Å². The summed E-state index contributed by atoms with van der Waals surface area (Å²) in [6.07, 6.45) is 2.06. The second-order valence-corrected chi connectivity index (χ2v) is 4.81. The molecule has 17 heavy (non-hydrogen) atoms. The number of carbonyl (C=O) groups is 1. The van der Waals surface area contributed by atoms with Crippen molar-refractivity contribution in [3.05, 3.63) is 0 Å². The highest BCUT2D eigenvalue weighted by Gasteiger charge is 2.23. The first-order valence-corrected chi connectivity index (χ1v) is 5.93. The maximum absolute atomic E-state index is 11.8. The van der Waals surface area contributed by atoms with E-state index in [1.807, 2.05) is 41.0 Å². The third kappa shape index (κ3) is 6.94. The van der Waals surface area contributed by atoms with Gasteiger partial charge in [-0.15, -0.1) is 0 Å². The largest absolute Gasteiger partial charge is 0.444 e. The Hall–Kier alpha value is -1.10. The van der Waals surface area contributed by atoms with Crippen molar-refractivity contribution < 1.29 is 9.53 Å². The summed E-state index contributed by atoms with van der Waals surface area (Å²) in [4.78, 5) is 17.5. The molecule has 1 amide bonds. The molecule has 100 valence electrons. The summed E-state index contributed by atoms with van der Waals surface area (Å²) in [5.74, 6) is 0. The normalized spacial score (nSPS) is 13.8. The molecule has 5 heteroatoms. The summed E-state index contributed by atoms with van der Waals surface area (Å²) in [7, 11) is 3.53. The van der Waals surface area contributed by atoms with Gasteiger partial charge in [-0.25, -0.2) is 4.79 Å². The Morgan fingerprint density at radius 1 is 1.53 bits per heavy atom. The van der Waals surface area contributed by atoms with Gasteiger partial charge in [0.1, 0.15) is 5.60 Å². The molecule has 0 aromatic carbocycles. The number of carbonyl (C=O) groups excluding carboxylic acids is 1. The molecular formula is C12H25N3O2. The molecule has 1 unspecified atom stereocenters. The molecule has 0 aliphatic heterocycles. The summed E-state index contributed by atoms with van der Waals surface area (Å²) in [6.45, 7) is 8.29. The van der Waals surface area contributed by atoms with Crippen molar-refractivity contribution in [2.75, 3.05) is 20.6 Å². The Morgan fingerprint density at radius 2 is 2.12 bits per heavy atom. The van der Waals surface area contributed by atoms with E-state index >= 15 is 0 Å². The third-order valence-electron chi connectivity index (χ3n) is 2.12. The number of nitrogens with zero attached hydrogens (tertiary/aromatic N) is 2. The van der Waals surface area contributed by atoms with Crippen LogP contribution in [-0.4, -0.2) is 49.6 Å². The molecule has 0 heterocycles. The Bertz CT molecular complexity index is 259. The van der Waals surface area contributed by atoms with Crippen molar-refractivity contribution in [3.63, 3.8) is 0 Å². The Kier molecular flexibility index (Phi) is 6.80. The molecule has 0 saturated heterocycles. The topological polar surface area (TPSA) is 53.9 Å². The number of rotatable bonds is 5. The Labute approximate surface area is 104 Å². The van der Waals surface area contributed by atoms with Crippen molar-refractivity contribution in [3.8, 4) is 0 Å². The van der Waals surface area contributed by atoms with E-state index < -0.39 is 5.60 Å². The lowest BCUT2D eigenvalue weighted by Gasteiger charge is -2.29. The molecule has 0 aliphatic carbocycles. The predicted octanol–water partition coefficient (Wildman–Crippen LogP) is 1.88. The maximum atomic E-state index is 11.8. The van der Waals surface area contributed by atoms with E-state index in [0.29, 0.717) is 6.42 Å². The monoisotopic (exact) mass is 243 g/mol. The van der Waals surface area contributed by atoms with Gasteiger partial charge in [-0.2, -0.15) is 0 Å². The van der Waals surface area contributed by atoms with Crippen LogP contribution in [0.3, 0.4) is 0 Å². The van der Waals surface area contributed by atoms with Crippen molar-refractivity contribution >= 4 is 12.3 Å². The highest BCUT2D eigenvalue weighted by atomic mass is 16.6. The lowest BCUT2D eigenvalue weighted by atomic mass is 10.2. The lowest BCUT2D eigenvalue weighted by Crippen LogP contribution is -2.47. The van der Waals surface area contributed by atoms with E-state index in [0.717, 1.165) is 6.54 Å². The van der Waals surface area contributed by atoms with E-state index in [1.54, 1.807) is 11.9 Å². The summed E-state index contributed by atoms with van der Waals surface area (Å²) in [6, 6.07) is 0. The van der Waals surface area contributed by atoms with Gasteiger partial charge in [-0.1, -0.05) is 0 Å². The summed E-state index contributed by atoms with van der Waals surface area (Å²) >= 11 is 0. The SMILES string of the molecule is CCN=CCC(NC)N(C)C(=O)OC(C)(C)C. The minimum absolute atomic E-state index is 0.0971. The molecule has 0 aromatic rings. The highest BCUT2D eigenvalue weighted by Crippen LogP contribution is 2.10. The molecule has 0 fully saturated rings. The average molecular weight is 243 g/mol. The second kappa shape index (κ2) is 7.27. The number of ether oxygens (including phenoxy) is 1. The molecule has 1 N–H and O–H groups in total. The minimum Gasteiger partial charge on any atom is -0.444 e. The van der Waals surface area contributed by atoms with Crippen LogP contribution in [0.2, 0.25) is 0 Å². The second-order valence-electron chi connectivity index (χ2n) is 4.81. The number of aliphatic imine (C=N–C) groups is 1. The molecule has 0 rings (SSSR count). The number of amides is 1. The van der Waals surface area contributed by atoms with E-state index in [9.17, 15) is 4.79 Å². The summed E-state index contributed by atoms with van der Waals surface area (Å²) < 4.78 is 5.29. The third-order valence-corrected chi connectivity index (χ3v) is 2.12. The zero-order valence-corrected chi connectivity index (χ0v) is 11.8. The van der Waals surface area contributed by atoms with Crippen LogP contribution in [0.4, 0.5) is 4.79 Å². The van der Waals surface area contributed by atoms with Crippen molar-refractivity contribution in [1.29, 1.82) is 0 Å². The van der Waals surface area contributed by atoms with Gasteiger partial charge in [0.25, 0.3) is 0 Å². The first kappa shape index (κ1) is 15.9. The summed E-state index contributed by atoms with van der Waals surface area (Å²) in [5.41, 5.74) is -0.471. The van der Waals surface area contributed by atoms with Gasteiger partial charge in [0.15, 0.2) is 0 Å². The Morgan fingerprint density at radius 3 is 2.53 bits per heavy atom. The van der Waals surface area contributed by atoms with E-state index in [1.165, 1.54) is 0 Å². The van der Waals surface area contributed by atoms with Crippen LogP contribution >= 0.6 is 0 Å². The standard InChI is InChI=1S/C12H25N3O2/c1-7-14-9-8-10(13-5)15(6)11(16)17-12(2,3)4/h9-10,13H,7-8H2,1-6H3. The first-order valence-electron chi connectivity index (χ1n) is 5.93. The van der Waals surface area contributed by atoms with Crippen LogP contribution in [0.15, 0.2) is 4.99 Å². The predicted molar refractivity (Wildman–Crippen MR) is 70.5 cm³/mol. The molecule has 0 saturated carbocycles. The van der Waals surface area contributed by atoms with Gasteiger partial charge in [0.2, 0.25) is 0 Å². The van der Waals surface area contributed by atoms with E-state index in [4.69, 9.17) is 4.74 Å². The zero-order chi connectivity index (χ0) is 13.5. The molecular weight excluding hydrogens is 218 g/mol. The minimum atomic E-state index is -0.471. The van der Waals surface area contributed by atoms with Gasteiger partial charge >= 0.3 is 6.09 Å².